The van der Waals surface area contributed by atoms with Crippen LogP contribution >= 0.6 is 0 Å². The molecule has 2 N–H and O–H groups in total. The second-order valence-electron chi connectivity index (χ2n) is 7.73. The van der Waals surface area contributed by atoms with Crippen molar-refractivity contribution in [1.29, 1.82) is 0 Å². The summed E-state index contributed by atoms with van der Waals surface area (Å²) in [6, 6.07) is 0. The van der Waals surface area contributed by atoms with Crippen molar-refractivity contribution < 1.29 is 10.2 Å². The number of hydrogen-bond donors (Lipinski definition) is 2. The summed E-state index contributed by atoms with van der Waals surface area (Å²) in [5.41, 5.74) is 1.09. The molecule has 0 aromatic carbocycles. The predicted molar refractivity (Wildman–Crippen MR) is 92.6 cm³/mol. The maximum absolute atomic E-state index is 10.3. The van der Waals surface area contributed by atoms with E-state index in [1.807, 2.05) is 19.9 Å². The highest BCUT2D eigenvalue weighted by Crippen LogP contribution is 2.55. The van der Waals surface area contributed by atoms with E-state index in [2.05, 4.69) is 26.0 Å². The first kappa shape index (κ1) is 17.7. The second kappa shape index (κ2) is 6.88. The normalized spacial score (nSPS) is 33.8. The van der Waals surface area contributed by atoms with Gasteiger partial charge in [0.1, 0.15) is 0 Å². The van der Waals surface area contributed by atoms with Crippen molar-refractivity contribution in [3.8, 4) is 0 Å². The number of aliphatic hydroxyl groups is 2. The average molecular weight is 306 g/mol. The Kier molecular flexibility index (Phi) is 5.55. The van der Waals surface area contributed by atoms with Gasteiger partial charge < -0.3 is 10.2 Å². The lowest BCUT2D eigenvalue weighted by Crippen LogP contribution is -2.39. The summed E-state index contributed by atoms with van der Waals surface area (Å²) in [7, 11) is 0. The Labute approximate surface area is 136 Å². The molecule has 2 aliphatic carbocycles. The van der Waals surface area contributed by atoms with Crippen LogP contribution in [0.5, 0.6) is 0 Å². The Balaban J connectivity index is 2.01. The number of rotatable bonds is 6. The van der Waals surface area contributed by atoms with E-state index < -0.39 is 5.60 Å². The summed E-state index contributed by atoms with van der Waals surface area (Å²) in [6.07, 6.45) is 13.3. The van der Waals surface area contributed by atoms with Crippen molar-refractivity contribution >= 4 is 0 Å². The van der Waals surface area contributed by atoms with Gasteiger partial charge in [-0.2, -0.15) is 0 Å². The summed E-state index contributed by atoms with van der Waals surface area (Å²) in [6.45, 7) is 8.72. The molecule has 0 amide bonds. The van der Waals surface area contributed by atoms with Gasteiger partial charge in [0, 0.05) is 0 Å². The smallest absolute Gasteiger partial charge is 0.0822 e. The Morgan fingerprint density at radius 2 is 2.09 bits per heavy atom. The third-order valence-electron chi connectivity index (χ3n) is 6.40. The van der Waals surface area contributed by atoms with Crippen LogP contribution in [0.15, 0.2) is 23.8 Å². The molecule has 0 bridgehead atoms. The third kappa shape index (κ3) is 3.33. The number of hydrogen-bond acceptors (Lipinski definition) is 2. The standard InChI is InChI=1S/C20H34O2/c1-5-20(22,6-2)14-7-9-15(3)16-11-12-17-18(21)10-8-13-19(16,17)4/h7,11,14-15,17-18,21-22H,5-6,8-10,12-13H2,1-4H3/b14-7+/t15?,17?,18-,19?/m0/s1. The molecular weight excluding hydrogens is 272 g/mol. The van der Waals surface area contributed by atoms with Gasteiger partial charge in [0.25, 0.3) is 0 Å². The number of fused-ring (bicyclic) bond motifs is 1. The van der Waals surface area contributed by atoms with Gasteiger partial charge in [-0.05, 0) is 62.2 Å². The highest BCUT2D eigenvalue weighted by molar-refractivity contribution is 5.26. The van der Waals surface area contributed by atoms with Crippen LogP contribution in [0.4, 0.5) is 0 Å². The number of aliphatic hydroxyl groups excluding tert-OH is 1. The zero-order valence-electron chi connectivity index (χ0n) is 14.8. The molecule has 2 rings (SSSR count). The van der Waals surface area contributed by atoms with Crippen molar-refractivity contribution in [2.75, 3.05) is 0 Å². The van der Waals surface area contributed by atoms with Gasteiger partial charge in [0.2, 0.25) is 0 Å². The van der Waals surface area contributed by atoms with Crippen molar-refractivity contribution in [3.63, 3.8) is 0 Å². The molecule has 4 atom stereocenters. The molecule has 22 heavy (non-hydrogen) atoms. The molecule has 0 spiro atoms. The van der Waals surface area contributed by atoms with Gasteiger partial charge >= 0.3 is 0 Å². The average Bonchev–Trinajstić information content (AvgIpc) is 2.85. The minimum atomic E-state index is -0.642. The highest BCUT2D eigenvalue weighted by Gasteiger charge is 2.47. The van der Waals surface area contributed by atoms with Crippen molar-refractivity contribution in [2.45, 2.75) is 84.3 Å². The molecule has 3 unspecified atom stereocenters. The van der Waals surface area contributed by atoms with E-state index in [-0.39, 0.29) is 11.5 Å². The van der Waals surface area contributed by atoms with E-state index in [9.17, 15) is 10.2 Å². The van der Waals surface area contributed by atoms with Crippen LogP contribution in [0, 0.1) is 17.3 Å². The fourth-order valence-corrected chi connectivity index (χ4v) is 4.62. The van der Waals surface area contributed by atoms with Gasteiger partial charge in [-0.3, -0.25) is 0 Å². The van der Waals surface area contributed by atoms with E-state index in [1.54, 1.807) is 0 Å². The van der Waals surface area contributed by atoms with E-state index >= 15 is 0 Å². The summed E-state index contributed by atoms with van der Waals surface area (Å²) in [5.74, 6) is 0.917. The van der Waals surface area contributed by atoms with Crippen LogP contribution in [0.1, 0.15) is 72.6 Å². The molecule has 2 aliphatic rings. The lowest BCUT2D eigenvalue weighted by molar-refractivity contribution is 0.00804. The molecule has 0 saturated heterocycles. The lowest BCUT2D eigenvalue weighted by atomic mass is 9.63. The summed E-state index contributed by atoms with van der Waals surface area (Å²) in [4.78, 5) is 0. The highest BCUT2D eigenvalue weighted by atomic mass is 16.3. The molecule has 2 nitrogen and oxygen atoms in total. The SMILES string of the molecule is CCC(O)(/C=C/CC(C)C1=CCC2[C@@H](O)CCCC12C)CC. The van der Waals surface area contributed by atoms with Crippen molar-refractivity contribution in [1.82, 2.24) is 0 Å². The molecule has 0 aliphatic heterocycles. The lowest BCUT2D eigenvalue weighted by Gasteiger charge is -2.43. The molecule has 0 aromatic heterocycles. The monoisotopic (exact) mass is 306 g/mol. The Morgan fingerprint density at radius 3 is 2.73 bits per heavy atom. The van der Waals surface area contributed by atoms with Crippen LogP contribution in [-0.4, -0.2) is 21.9 Å². The summed E-state index contributed by atoms with van der Waals surface area (Å²) < 4.78 is 0. The van der Waals surface area contributed by atoms with Crippen LogP contribution in [0.2, 0.25) is 0 Å². The van der Waals surface area contributed by atoms with Crippen LogP contribution in [-0.2, 0) is 0 Å². The van der Waals surface area contributed by atoms with E-state index in [1.165, 1.54) is 12.0 Å². The minimum Gasteiger partial charge on any atom is -0.393 e. The first-order chi connectivity index (χ1) is 10.4. The van der Waals surface area contributed by atoms with E-state index in [0.717, 1.165) is 38.5 Å². The molecule has 2 heteroatoms. The first-order valence-electron chi connectivity index (χ1n) is 9.15. The van der Waals surface area contributed by atoms with Gasteiger partial charge in [-0.1, -0.05) is 51.5 Å². The fourth-order valence-electron chi connectivity index (χ4n) is 4.62. The molecule has 0 heterocycles. The topological polar surface area (TPSA) is 40.5 Å². The Bertz CT molecular complexity index is 433. The molecule has 1 fully saturated rings. The summed E-state index contributed by atoms with van der Waals surface area (Å²) >= 11 is 0. The fraction of sp³-hybridized carbons (Fsp3) is 0.800. The molecule has 0 radical (unpaired) electrons. The van der Waals surface area contributed by atoms with E-state index in [4.69, 9.17) is 0 Å². The maximum atomic E-state index is 10.3. The first-order valence-corrected chi connectivity index (χ1v) is 9.15. The Morgan fingerprint density at radius 1 is 1.41 bits per heavy atom. The quantitative estimate of drug-likeness (QED) is 0.703. The van der Waals surface area contributed by atoms with Gasteiger partial charge in [0.15, 0.2) is 0 Å². The van der Waals surface area contributed by atoms with E-state index in [0.29, 0.717) is 11.8 Å². The van der Waals surface area contributed by atoms with Crippen LogP contribution in [0.25, 0.3) is 0 Å². The number of allylic oxidation sites excluding steroid dienone is 3. The third-order valence-corrected chi connectivity index (χ3v) is 6.40. The van der Waals surface area contributed by atoms with Crippen LogP contribution in [0.3, 0.4) is 0 Å². The van der Waals surface area contributed by atoms with Crippen LogP contribution < -0.4 is 0 Å². The minimum absolute atomic E-state index is 0.125. The second-order valence-corrected chi connectivity index (χ2v) is 7.73. The van der Waals surface area contributed by atoms with Gasteiger partial charge in [-0.25, -0.2) is 0 Å². The predicted octanol–water partition coefficient (Wildman–Crippen LogP) is 4.62. The zero-order chi connectivity index (χ0) is 16.4. The molecular formula is C20H34O2. The molecule has 1 saturated carbocycles. The van der Waals surface area contributed by atoms with Crippen molar-refractivity contribution in [2.24, 2.45) is 17.3 Å². The van der Waals surface area contributed by atoms with Gasteiger partial charge in [0.05, 0.1) is 11.7 Å². The zero-order valence-corrected chi connectivity index (χ0v) is 14.8. The summed E-state index contributed by atoms with van der Waals surface area (Å²) in [5, 5.41) is 20.7. The molecule has 0 aromatic rings. The van der Waals surface area contributed by atoms with Gasteiger partial charge in [-0.15, -0.1) is 0 Å². The maximum Gasteiger partial charge on any atom is 0.0822 e. The van der Waals surface area contributed by atoms with Crippen molar-refractivity contribution in [3.05, 3.63) is 23.8 Å². The Hall–Kier alpha value is -0.600. The molecule has 126 valence electrons. The largest absolute Gasteiger partial charge is 0.393 e.